The molecular weight excluding hydrogens is 336 g/mol. The van der Waals surface area contributed by atoms with Gasteiger partial charge in [0.25, 0.3) is 5.91 Å². The number of hydrogen-bond donors (Lipinski definition) is 2. The molecule has 0 aliphatic carbocycles. The Kier molecular flexibility index (Phi) is 9.53. The lowest BCUT2D eigenvalue weighted by Gasteiger charge is -2.07. The Hall–Kier alpha value is -2.83. The van der Waals surface area contributed by atoms with E-state index in [1.807, 2.05) is 0 Å². The molecular formula is C19H26N2O5. The van der Waals surface area contributed by atoms with Crippen LogP contribution in [0.25, 0.3) is 0 Å². The van der Waals surface area contributed by atoms with Gasteiger partial charge in [-0.15, -0.1) is 0 Å². The number of hydrogen-bond acceptors (Lipinski definition) is 5. The molecule has 0 unspecified atom stereocenters. The van der Waals surface area contributed by atoms with Crippen LogP contribution < -0.4 is 15.4 Å². The first-order valence-corrected chi connectivity index (χ1v) is 8.44. The van der Waals surface area contributed by atoms with Gasteiger partial charge in [0, 0.05) is 31.1 Å². The molecule has 1 aromatic rings. The van der Waals surface area contributed by atoms with Crippen LogP contribution in [0.2, 0.25) is 0 Å². The predicted molar refractivity (Wildman–Crippen MR) is 98.0 cm³/mol. The quantitative estimate of drug-likeness (QED) is 0.376. The van der Waals surface area contributed by atoms with Gasteiger partial charge in [0.05, 0.1) is 7.11 Å². The molecule has 0 saturated heterocycles. The van der Waals surface area contributed by atoms with Crippen LogP contribution in [-0.2, 0) is 14.3 Å². The van der Waals surface area contributed by atoms with Crippen molar-refractivity contribution in [1.29, 1.82) is 0 Å². The van der Waals surface area contributed by atoms with E-state index in [9.17, 15) is 14.4 Å². The van der Waals surface area contributed by atoms with Crippen molar-refractivity contribution < 1.29 is 23.9 Å². The van der Waals surface area contributed by atoms with E-state index >= 15 is 0 Å². The van der Waals surface area contributed by atoms with Crippen LogP contribution in [0, 0.1) is 0 Å². The van der Waals surface area contributed by atoms with Gasteiger partial charge in [0.15, 0.2) is 0 Å². The lowest BCUT2D eigenvalue weighted by molar-refractivity contribution is -0.139. The summed E-state index contributed by atoms with van der Waals surface area (Å²) >= 11 is 0. The van der Waals surface area contributed by atoms with Crippen LogP contribution in [0.15, 0.2) is 35.9 Å². The number of carbonyl (C=O) groups is 3. The van der Waals surface area contributed by atoms with Crippen molar-refractivity contribution in [3.63, 3.8) is 0 Å². The fourth-order valence-electron chi connectivity index (χ4n) is 2.01. The minimum absolute atomic E-state index is 0.0893. The third kappa shape index (κ3) is 8.32. The number of benzene rings is 1. The number of methoxy groups -OCH3 is 1. The van der Waals surface area contributed by atoms with E-state index in [-0.39, 0.29) is 24.4 Å². The molecule has 0 bridgehead atoms. The summed E-state index contributed by atoms with van der Waals surface area (Å²) < 4.78 is 9.80. The summed E-state index contributed by atoms with van der Waals surface area (Å²) in [5, 5.41) is 5.61. The van der Waals surface area contributed by atoms with E-state index in [0.717, 1.165) is 12.8 Å². The molecule has 7 nitrogen and oxygen atoms in total. The average Bonchev–Trinajstić information content (AvgIpc) is 2.63. The minimum atomic E-state index is -0.383. The standard InChI is InChI=1S/C19H26N2O5/c1-14(10-13-26-15(2)22)18(23)20-11-4-5-12-21-19(24)16-6-8-17(25-3)9-7-16/h6-10H,4-5,11-13H2,1-3H3,(H,20,23)(H,21,24)/b14-10+. The Morgan fingerprint density at radius 3 is 2.19 bits per heavy atom. The van der Waals surface area contributed by atoms with Gasteiger partial charge in [0.1, 0.15) is 12.4 Å². The molecule has 0 fully saturated rings. The SMILES string of the molecule is COc1ccc(C(=O)NCCCCNC(=O)/C(C)=C/COC(C)=O)cc1. The first-order valence-electron chi connectivity index (χ1n) is 8.44. The zero-order valence-electron chi connectivity index (χ0n) is 15.5. The third-order valence-corrected chi connectivity index (χ3v) is 3.56. The van der Waals surface area contributed by atoms with Crippen molar-refractivity contribution in [2.75, 3.05) is 26.8 Å². The van der Waals surface area contributed by atoms with Crippen molar-refractivity contribution in [3.05, 3.63) is 41.5 Å². The number of amides is 2. The second-order valence-corrected chi connectivity index (χ2v) is 5.64. The Balaban J connectivity index is 2.17. The molecule has 142 valence electrons. The Morgan fingerprint density at radius 1 is 1.00 bits per heavy atom. The summed E-state index contributed by atoms with van der Waals surface area (Å²) in [5.74, 6) is -0.0130. The second kappa shape index (κ2) is 11.7. The lowest BCUT2D eigenvalue weighted by atomic mass is 10.2. The highest BCUT2D eigenvalue weighted by Crippen LogP contribution is 2.11. The summed E-state index contributed by atoms with van der Waals surface area (Å²) in [7, 11) is 1.57. The van der Waals surface area contributed by atoms with Gasteiger partial charge in [-0.1, -0.05) is 0 Å². The maximum absolute atomic E-state index is 12.0. The number of esters is 1. The molecule has 7 heteroatoms. The van der Waals surface area contributed by atoms with E-state index in [4.69, 9.17) is 9.47 Å². The largest absolute Gasteiger partial charge is 0.497 e. The fourth-order valence-corrected chi connectivity index (χ4v) is 2.01. The topological polar surface area (TPSA) is 93.7 Å². The van der Waals surface area contributed by atoms with Crippen LogP contribution in [0.1, 0.15) is 37.0 Å². The van der Waals surface area contributed by atoms with Crippen LogP contribution >= 0.6 is 0 Å². The van der Waals surface area contributed by atoms with Gasteiger partial charge < -0.3 is 20.1 Å². The highest BCUT2D eigenvalue weighted by molar-refractivity contribution is 5.94. The average molecular weight is 362 g/mol. The summed E-state index contributed by atoms with van der Waals surface area (Å²) in [6.07, 6.45) is 3.05. The summed E-state index contributed by atoms with van der Waals surface area (Å²) in [6, 6.07) is 6.89. The van der Waals surface area contributed by atoms with E-state index < -0.39 is 0 Å². The van der Waals surface area contributed by atoms with E-state index in [1.165, 1.54) is 6.92 Å². The summed E-state index contributed by atoms with van der Waals surface area (Å²) in [6.45, 7) is 4.11. The monoisotopic (exact) mass is 362 g/mol. The van der Waals surface area contributed by atoms with Gasteiger partial charge in [-0.25, -0.2) is 0 Å². The van der Waals surface area contributed by atoms with Crippen LogP contribution in [0.4, 0.5) is 0 Å². The molecule has 1 rings (SSSR count). The summed E-state index contributed by atoms with van der Waals surface area (Å²) in [5.41, 5.74) is 1.08. The molecule has 2 N–H and O–H groups in total. The van der Waals surface area contributed by atoms with E-state index in [1.54, 1.807) is 44.4 Å². The molecule has 1 aromatic carbocycles. The van der Waals surface area contributed by atoms with Gasteiger partial charge in [-0.3, -0.25) is 14.4 Å². The van der Waals surface area contributed by atoms with Crippen LogP contribution in [0.3, 0.4) is 0 Å². The fraction of sp³-hybridized carbons (Fsp3) is 0.421. The molecule has 0 heterocycles. The molecule has 0 aliphatic heterocycles. The van der Waals surface area contributed by atoms with Gasteiger partial charge in [0.2, 0.25) is 5.91 Å². The van der Waals surface area contributed by atoms with Crippen LogP contribution in [0.5, 0.6) is 5.75 Å². The molecule has 0 atom stereocenters. The highest BCUT2D eigenvalue weighted by atomic mass is 16.5. The molecule has 0 spiro atoms. The molecule has 2 amide bonds. The van der Waals surface area contributed by atoms with E-state index in [2.05, 4.69) is 10.6 Å². The van der Waals surface area contributed by atoms with Gasteiger partial charge in [-0.05, 0) is 50.1 Å². The molecule has 0 aliphatic rings. The molecule has 0 saturated carbocycles. The Morgan fingerprint density at radius 2 is 1.62 bits per heavy atom. The minimum Gasteiger partial charge on any atom is -0.497 e. The van der Waals surface area contributed by atoms with Crippen molar-refractivity contribution in [3.8, 4) is 5.75 Å². The molecule has 0 aromatic heterocycles. The first kappa shape index (κ1) is 21.2. The number of nitrogens with one attached hydrogen (secondary N) is 2. The normalized spacial score (nSPS) is 10.8. The Bertz CT molecular complexity index is 638. The third-order valence-electron chi connectivity index (χ3n) is 3.56. The van der Waals surface area contributed by atoms with Gasteiger partial charge in [-0.2, -0.15) is 0 Å². The van der Waals surface area contributed by atoms with Gasteiger partial charge >= 0.3 is 5.97 Å². The van der Waals surface area contributed by atoms with Crippen molar-refractivity contribution in [2.45, 2.75) is 26.7 Å². The zero-order valence-corrected chi connectivity index (χ0v) is 15.5. The van der Waals surface area contributed by atoms with Crippen molar-refractivity contribution >= 4 is 17.8 Å². The first-order chi connectivity index (χ1) is 12.4. The predicted octanol–water partition coefficient (Wildman–Crippen LogP) is 1.83. The maximum atomic E-state index is 12.0. The number of carbonyl (C=O) groups excluding carboxylic acids is 3. The zero-order chi connectivity index (χ0) is 19.4. The summed E-state index contributed by atoms with van der Waals surface area (Å²) in [4.78, 5) is 34.4. The van der Waals surface area contributed by atoms with Crippen molar-refractivity contribution in [2.24, 2.45) is 0 Å². The molecule has 0 radical (unpaired) electrons. The van der Waals surface area contributed by atoms with Crippen LogP contribution in [-0.4, -0.2) is 44.6 Å². The number of unbranched alkanes of at least 4 members (excludes halogenated alkanes) is 1. The Labute approximate surface area is 153 Å². The smallest absolute Gasteiger partial charge is 0.302 e. The number of rotatable bonds is 10. The lowest BCUT2D eigenvalue weighted by Crippen LogP contribution is -2.27. The highest BCUT2D eigenvalue weighted by Gasteiger charge is 2.05. The number of ether oxygens (including phenoxy) is 2. The van der Waals surface area contributed by atoms with E-state index in [0.29, 0.717) is 30.0 Å². The molecule has 26 heavy (non-hydrogen) atoms. The maximum Gasteiger partial charge on any atom is 0.302 e. The second-order valence-electron chi connectivity index (χ2n) is 5.64. The van der Waals surface area contributed by atoms with Crippen molar-refractivity contribution in [1.82, 2.24) is 10.6 Å².